The molecular formula is C65H97N7O23. The van der Waals surface area contributed by atoms with Crippen molar-refractivity contribution in [3.05, 3.63) is 95.6 Å². The maximum Gasteiger partial charge on any atom is 0.407 e. The number of carbonyl (C=O) groups excluding carboxylic acids is 7. The number of unbranched alkanes of at least 4 members (excludes halogenated alkanes) is 1. The second-order valence-corrected chi connectivity index (χ2v) is 20.9. The molecule has 0 unspecified atom stereocenters. The third-order valence-electron chi connectivity index (χ3n) is 13.6. The predicted octanol–water partition coefficient (Wildman–Crippen LogP) is 0.650. The van der Waals surface area contributed by atoms with Crippen LogP contribution in [0.25, 0.3) is 11.1 Å². The monoisotopic (exact) mass is 1340 g/mol. The van der Waals surface area contributed by atoms with Crippen molar-refractivity contribution in [1.29, 1.82) is 0 Å². The molecular weight excluding hydrogens is 1250 g/mol. The highest BCUT2D eigenvalue weighted by Crippen LogP contribution is 2.44. The zero-order valence-electron chi connectivity index (χ0n) is 54.4. The van der Waals surface area contributed by atoms with Crippen LogP contribution in [0.15, 0.2) is 78.9 Å². The van der Waals surface area contributed by atoms with Crippen molar-refractivity contribution in [2.24, 2.45) is 0 Å². The second-order valence-electron chi connectivity index (χ2n) is 20.9. The summed E-state index contributed by atoms with van der Waals surface area (Å²) in [7, 11) is 1.63. The van der Waals surface area contributed by atoms with Gasteiger partial charge < -0.3 is 109 Å². The standard InChI is InChI=1S/C65H97N7O23/c1-82-21-22-84-25-26-86-29-30-88-33-34-90-37-38-92-41-42-93-40-39-91-36-35-89-32-31-87-28-27-85-24-23-83-20-18-58(73)71-56(17-9-10-19-66-65(81)95-47-55-53-15-7-5-13-51(53)52-14-6-8-16-54(52)55)63(79)68-44-59(74)67-46-61(76)72-57(43-50-11-3-2-4-12-50)64(80)69-45-60(75)70-49-94-48-62(77)78/h2-8,11-16,55-57H,9-10,17-49H2,1H3,(H,66,81)(H,67,74)(H,68,79)(H,69,80)(H,70,75)(H,71,73)(H,72,76)(H,77,78)/t56-,57-/m0/s1. The maximum atomic E-state index is 13.5. The summed E-state index contributed by atoms with van der Waals surface area (Å²) in [6.45, 7) is 7.08. The molecule has 0 spiro atoms. The van der Waals surface area contributed by atoms with Crippen LogP contribution in [0.4, 0.5) is 4.79 Å². The van der Waals surface area contributed by atoms with E-state index in [0.717, 1.165) is 22.3 Å². The Morgan fingerprint density at radius 1 is 0.421 bits per heavy atom. The predicted molar refractivity (Wildman–Crippen MR) is 342 cm³/mol. The number of amides is 7. The molecule has 0 saturated carbocycles. The van der Waals surface area contributed by atoms with E-state index in [0.29, 0.717) is 151 Å². The van der Waals surface area contributed by atoms with E-state index in [-0.39, 0.29) is 58.2 Å². The molecule has 4 rings (SSSR count). The molecule has 2 atom stereocenters. The summed E-state index contributed by atoms with van der Waals surface area (Å²) < 4.78 is 75.8. The zero-order chi connectivity index (χ0) is 68.0. The van der Waals surface area contributed by atoms with Crippen LogP contribution in [-0.2, 0) is 106 Å². The lowest BCUT2D eigenvalue weighted by Crippen LogP contribution is -2.53. The average Bonchev–Trinajstić information content (AvgIpc) is 1.63. The van der Waals surface area contributed by atoms with Gasteiger partial charge in [-0.3, -0.25) is 28.8 Å². The van der Waals surface area contributed by atoms with Crippen LogP contribution in [0.5, 0.6) is 0 Å². The first-order valence-corrected chi connectivity index (χ1v) is 31.9. The summed E-state index contributed by atoms with van der Waals surface area (Å²) in [6, 6.07) is 22.5. The van der Waals surface area contributed by atoms with Crippen molar-refractivity contribution >= 4 is 47.5 Å². The van der Waals surface area contributed by atoms with Crippen LogP contribution in [0, 0.1) is 0 Å². The Hall–Kier alpha value is -7.30. The van der Waals surface area contributed by atoms with Gasteiger partial charge in [0.2, 0.25) is 35.4 Å². The summed E-state index contributed by atoms with van der Waals surface area (Å²) >= 11 is 0. The lowest BCUT2D eigenvalue weighted by molar-refractivity contribution is -0.143. The van der Waals surface area contributed by atoms with Gasteiger partial charge >= 0.3 is 12.1 Å². The highest BCUT2D eigenvalue weighted by molar-refractivity contribution is 5.94. The molecule has 0 saturated heterocycles. The molecule has 3 aromatic rings. The van der Waals surface area contributed by atoms with Gasteiger partial charge in [-0.05, 0) is 47.1 Å². The molecule has 95 heavy (non-hydrogen) atoms. The third-order valence-corrected chi connectivity index (χ3v) is 13.6. The Kier molecular flexibility index (Phi) is 44.6. The first kappa shape index (κ1) is 80.1. The highest BCUT2D eigenvalue weighted by atomic mass is 16.6. The lowest BCUT2D eigenvalue weighted by Gasteiger charge is -2.20. The highest BCUT2D eigenvalue weighted by Gasteiger charge is 2.29. The number of carbonyl (C=O) groups is 8. The fourth-order valence-electron chi connectivity index (χ4n) is 8.92. The molecule has 0 aromatic heterocycles. The van der Waals surface area contributed by atoms with Crippen molar-refractivity contribution in [3.8, 4) is 11.1 Å². The topological polar surface area (TPSA) is 370 Å². The van der Waals surface area contributed by atoms with Crippen LogP contribution < -0.4 is 37.2 Å². The van der Waals surface area contributed by atoms with Crippen molar-refractivity contribution in [2.75, 3.05) is 205 Å². The van der Waals surface area contributed by atoms with Crippen LogP contribution in [0.2, 0.25) is 0 Å². The first-order valence-electron chi connectivity index (χ1n) is 31.9. The van der Waals surface area contributed by atoms with Crippen LogP contribution >= 0.6 is 0 Å². The van der Waals surface area contributed by atoms with E-state index >= 15 is 0 Å². The van der Waals surface area contributed by atoms with Crippen molar-refractivity contribution in [1.82, 2.24) is 37.2 Å². The first-order chi connectivity index (χ1) is 46.4. The Morgan fingerprint density at radius 3 is 1.31 bits per heavy atom. The second kappa shape index (κ2) is 52.9. The number of carboxylic acid groups (broad SMARTS) is 1. The SMILES string of the molecule is COCCOCCOCCOCCOCCOCCOCCOCCOCCOCCOCCOCCC(=O)N[C@@H](CCCCNC(=O)OCC1c2ccccc2-c2ccccc21)C(=O)NCC(=O)NCC(=O)N[C@@H](Cc1ccccc1)C(=O)NCC(=O)NCOCC(=O)O. The molecule has 0 radical (unpaired) electrons. The molecule has 0 bridgehead atoms. The van der Waals surface area contributed by atoms with Gasteiger partial charge in [0.15, 0.2) is 0 Å². The van der Waals surface area contributed by atoms with Gasteiger partial charge in [0.05, 0.1) is 172 Å². The number of alkyl carbamates (subject to hydrolysis) is 1. The molecule has 30 nitrogen and oxygen atoms in total. The van der Waals surface area contributed by atoms with E-state index in [4.69, 9.17) is 71.4 Å². The van der Waals surface area contributed by atoms with Gasteiger partial charge in [-0.1, -0.05) is 78.9 Å². The molecule has 530 valence electrons. The molecule has 1 aliphatic rings. The summed E-state index contributed by atoms with van der Waals surface area (Å²) in [6.07, 6.45) is 0.248. The van der Waals surface area contributed by atoms with Gasteiger partial charge in [-0.15, -0.1) is 0 Å². The van der Waals surface area contributed by atoms with E-state index in [2.05, 4.69) is 37.2 Å². The normalized spacial score (nSPS) is 12.2. The van der Waals surface area contributed by atoms with Crippen LogP contribution in [0.1, 0.15) is 48.3 Å². The fourth-order valence-corrected chi connectivity index (χ4v) is 8.92. The zero-order valence-corrected chi connectivity index (χ0v) is 54.4. The number of ether oxygens (including phenoxy) is 14. The average molecular weight is 1340 g/mol. The van der Waals surface area contributed by atoms with Crippen LogP contribution in [-0.4, -0.2) is 270 Å². The fraction of sp³-hybridized carbons (Fsp3) is 0.600. The van der Waals surface area contributed by atoms with Gasteiger partial charge in [0.1, 0.15) is 32.0 Å². The van der Waals surface area contributed by atoms with Crippen molar-refractivity contribution in [3.63, 3.8) is 0 Å². The number of carboxylic acids is 1. The molecule has 30 heteroatoms. The lowest BCUT2D eigenvalue weighted by atomic mass is 9.98. The van der Waals surface area contributed by atoms with E-state index in [1.54, 1.807) is 37.4 Å². The molecule has 7 amide bonds. The minimum Gasteiger partial charge on any atom is -0.480 e. The van der Waals surface area contributed by atoms with Gasteiger partial charge in [0, 0.05) is 32.4 Å². The number of rotatable bonds is 59. The Labute approximate surface area is 554 Å². The van der Waals surface area contributed by atoms with Gasteiger partial charge in [0.25, 0.3) is 0 Å². The van der Waals surface area contributed by atoms with Crippen molar-refractivity contribution in [2.45, 2.75) is 50.1 Å². The third kappa shape index (κ3) is 38.7. The van der Waals surface area contributed by atoms with Crippen molar-refractivity contribution < 1.29 is 110 Å². The Morgan fingerprint density at radius 2 is 0.832 bits per heavy atom. The molecule has 3 aromatic carbocycles. The number of methoxy groups -OCH3 is 1. The smallest absolute Gasteiger partial charge is 0.407 e. The number of hydrogen-bond acceptors (Lipinski definition) is 22. The van der Waals surface area contributed by atoms with Crippen LogP contribution in [0.3, 0.4) is 0 Å². The molecule has 0 heterocycles. The largest absolute Gasteiger partial charge is 0.480 e. The number of benzene rings is 3. The Bertz CT molecular complexity index is 2580. The molecule has 8 N–H and O–H groups in total. The summed E-state index contributed by atoms with van der Waals surface area (Å²) in [5.74, 6) is -5.43. The quantitative estimate of drug-likeness (QED) is 0.0284. The summed E-state index contributed by atoms with van der Waals surface area (Å²) in [5.41, 5.74) is 5.04. The summed E-state index contributed by atoms with van der Waals surface area (Å²) in [5, 5.41) is 26.3. The molecule has 0 fully saturated rings. The summed E-state index contributed by atoms with van der Waals surface area (Å²) in [4.78, 5) is 102. The Balaban J connectivity index is 1.06. The molecule has 1 aliphatic carbocycles. The van der Waals surface area contributed by atoms with E-state index in [1.807, 2.05) is 48.5 Å². The number of nitrogens with one attached hydrogen (secondary N) is 7. The number of fused-ring (bicyclic) bond motifs is 3. The van der Waals surface area contributed by atoms with E-state index in [1.165, 1.54) is 0 Å². The van der Waals surface area contributed by atoms with Gasteiger partial charge in [-0.25, -0.2) is 9.59 Å². The number of aliphatic carboxylic acids is 1. The maximum absolute atomic E-state index is 13.5. The minimum atomic E-state index is -1.23. The minimum absolute atomic E-state index is 0.0210. The van der Waals surface area contributed by atoms with E-state index in [9.17, 15) is 38.4 Å². The van der Waals surface area contributed by atoms with E-state index < -0.39 is 92.6 Å². The van der Waals surface area contributed by atoms with Gasteiger partial charge in [-0.2, -0.15) is 0 Å². The molecule has 0 aliphatic heterocycles. The number of hydrogen-bond donors (Lipinski definition) is 8.